The zero-order valence-electron chi connectivity index (χ0n) is 29.5. The van der Waals surface area contributed by atoms with Gasteiger partial charge < -0.3 is 19.5 Å². The van der Waals surface area contributed by atoms with Crippen LogP contribution in [0.25, 0.3) is 11.1 Å². The number of aromatic hydroxyl groups is 3. The first-order chi connectivity index (χ1) is 26.4. The largest absolute Gasteiger partial charge is 0.507 e. The van der Waals surface area contributed by atoms with E-state index in [0.29, 0.717) is 16.7 Å². The molecule has 288 valence electrons. The van der Waals surface area contributed by atoms with E-state index in [0.717, 1.165) is 24.3 Å². The van der Waals surface area contributed by atoms with Crippen molar-refractivity contribution in [3.05, 3.63) is 159 Å². The zero-order valence-corrected chi connectivity index (χ0v) is 32.0. The highest BCUT2D eigenvalue weighted by Gasteiger charge is 2.27. The van der Waals surface area contributed by atoms with Gasteiger partial charge in [-0.2, -0.15) is 25.3 Å². The molecule has 0 aromatic heterocycles. The third-order valence-corrected chi connectivity index (χ3v) is 12.5. The SMILES string of the molecule is Cc1cc2c(O)c(c1)Cc1cc(S(=O)(=O)O)cc(c1O)Cc1cc(-c3ccccc3)cc(c1OS(=O)(=O)c1ccccc1)Cc1cc(S(=O)(=O)O)cc(c1O)C2. The lowest BCUT2D eigenvalue weighted by atomic mass is 9.89. The molecule has 12 nitrogen and oxygen atoms in total. The minimum absolute atomic E-state index is 0.00798. The van der Waals surface area contributed by atoms with Gasteiger partial charge in [-0.25, -0.2) is 0 Å². The van der Waals surface area contributed by atoms with Crippen molar-refractivity contribution in [3.8, 4) is 34.1 Å². The number of phenols is 3. The Kier molecular flexibility index (Phi) is 9.93. The van der Waals surface area contributed by atoms with E-state index in [2.05, 4.69) is 0 Å². The quantitative estimate of drug-likeness (QED) is 0.0875. The second-order valence-corrected chi connectivity index (χ2v) is 18.0. The van der Waals surface area contributed by atoms with Crippen LogP contribution in [0.3, 0.4) is 0 Å². The first-order valence-electron chi connectivity index (χ1n) is 17.0. The first kappa shape index (κ1) is 38.6. The van der Waals surface area contributed by atoms with Crippen molar-refractivity contribution < 1.29 is 53.9 Å². The molecule has 1 aliphatic rings. The molecule has 0 saturated carbocycles. The van der Waals surface area contributed by atoms with E-state index in [9.17, 15) is 49.7 Å². The second kappa shape index (κ2) is 14.4. The number of benzene rings is 6. The number of hydrogen-bond acceptors (Lipinski definition) is 10. The lowest BCUT2D eigenvalue weighted by Gasteiger charge is -2.21. The Bertz CT molecular complexity index is 2740. The highest BCUT2D eigenvalue weighted by atomic mass is 32.2. The van der Waals surface area contributed by atoms with Gasteiger partial charge in [-0.3, -0.25) is 9.11 Å². The second-order valence-electron chi connectivity index (χ2n) is 13.6. The molecule has 15 heteroatoms. The van der Waals surface area contributed by atoms with E-state index in [1.165, 1.54) is 24.3 Å². The zero-order chi connectivity index (χ0) is 40.2. The van der Waals surface area contributed by atoms with Gasteiger partial charge in [0, 0.05) is 59.1 Å². The van der Waals surface area contributed by atoms with Crippen LogP contribution in [-0.2, 0) is 56.0 Å². The van der Waals surface area contributed by atoms with Crippen LogP contribution in [0.4, 0.5) is 0 Å². The molecule has 0 fully saturated rings. The van der Waals surface area contributed by atoms with Gasteiger partial charge in [0.1, 0.15) is 27.9 Å². The fourth-order valence-electron chi connectivity index (χ4n) is 6.98. The number of rotatable bonds is 6. The lowest BCUT2D eigenvalue weighted by molar-refractivity contribution is 0.452. The van der Waals surface area contributed by atoms with E-state index >= 15 is 0 Å². The van der Waals surface area contributed by atoms with Gasteiger partial charge >= 0.3 is 10.1 Å². The van der Waals surface area contributed by atoms with Crippen molar-refractivity contribution in [1.29, 1.82) is 0 Å². The maximum Gasteiger partial charge on any atom is 0.339 e. The summed E-state index contributed by atoms with van der Waals surface area (Å²) in [6.07, 6.45) is -1.26. The summed E-state index contributed by atoms with van der Waals surface area (Å²) in [4.78, 5) is -1.34. The Labute approximate surface area is 323 Å². The Morgan fingerprint density at radius 3 is 1.20 bits per heavy atom. The molecular weight excluding hydrogens is 781 g/mol. The Morgan fingerprint density at radius 1 is 0.446 bits per heavy atom. The van der Waals surface area contributed by atoms with Crippen LogP contribution in [-0.4, -0.2) is 49.7 Å². The number of hydrogen-bond donors (Lipinski definition) is 5. The van der Waals surface area contributed by atoms with Crippen LogP contribution < -0.4 is 4.18 Å². The third-order valence-electron chi connectivity index (χ3n) is 9.59. The van der Waals surface area contributed by atoms with Gasteiger partial charge in [0.05, 0.1) is 9.79 Å². The van der Waals surface area contributed by atoms with E-state index < -0.39 is 51.6 Å². The van der Waals surface area contributed by atoms with Crippen molar-refractivity contribution in [2.24, 2.45) is 0 Å². The predicted octanol–water partition coefficient (Wildman–Crippen LogP) is 6.72. The van der Waals surface area contributed by atoms with Gasteiger partial charge in [-0.05, 0) is 77.7 Å². The summed E-state index contributed by atoms with van der Waals surface area (Å²) in [6, 6.07) is 26.7. The van der Waals surface area contributed by atoms with Gasteiger partial charge in [0.25, 0.3) is 20.2 Å². The molecule has 1 aliphatic carbocycles. The molecule has 0 saturated heterocycles. The fourth-order valence-corrected chi connectivity index (χ4v) is 9.17. The highest BCUT2D eigenvalue weighted by molar-refractivity contribution is 7.87. The summed E-state index contributed by atoms with van der Waals surface area (Å²) in [5.74, 6) is -1.35. The summed E-state index contributed by atoms with van der Waals surface area (Å²) in [5, 5.41) is 35.0. The smallest absolute Gasteiger partial charge is 0.339 e. The summed E-state index contributed by atoms with van der Waals surface area (Å²) >= 11 is 0. The molecule has 0 spiro atoms. The first-order valence-corrected chi connectivity index (χ1v) is 21.3. The van der Waals surface area contributed by atoms with E-state index in [1.807, 2.05) is 0 Å². The molecule has 0 atom stereocenters. The van der Waals surface area contributed by atoms with E-state index in [4.69, 9.17) is 4.18 Å². The molecule has 0 unspecified atom stereocenters. The van der Waals surface area contributed by atoms with Gasteiger partial charge in [-0.15, -0.1) is 0 Å². The van der Waals surface area contributed by atoms with Gasteiger partial charge in [0.2, 0.25) is 0 Å². The van der Waals surface area contributed by atoms with Crippen LogP contribution in [0.2, 0.25) is 0 Å². The molecule has 6 aromatic rings. The molecular formula is C41H34O12S3. The Morgan fingerprint density at radius 2 is 0.804 bits per heavy atom. The van der Waals surface area contributed by atoms with Crippen molar-refractivity contribution in [1.82, 2.24) is 0 Å². The average Bonchev–Trinajstić information content (AvgIpc) is 3.13. The van der Waals surface area contributed by atoms with E-state index in [1.54, 1.807) is 67.6 Å². The van der Waals surface area contributed by atoms with Gasteiger partial charge in [-0.1, -0.05) is 66.2 Å². The lowest BCUT2D eigenvalue weighted by Crippen LogP contribution is -2.14. The van der Waals surface area contributed by atoms with Crippen molar-refractivity contribution in [3.63, 3.8) is 0 Å². The maximum atomic E-state index is 13.9. The topological polar surface area (TPSA) is 213 Å². The van der Waals surface area contributed by atoms with Crippen molar-refractivity contribution in [2.45, 2.75) is 47.3 Å². The van der Waals surface area contributed by atoms with Crippen molar-refractivity contribution in [2.75, 3.05) is 0 Å². The molecule has 0 amide bonds. The molecule has 0 heterocycles. The average molecular weight is 815 g/mol. The van der Waals surface area contributed by atoms with Crippen LogP contribution in [0.15, 0.2) is 124 Å². The van der Waals surface area contributed by atoms with Crippen molar-refractivity contribution >= 4 is 30.4 Å². The van der Waals surface area contributed by atoms with Crippen LogP contribution in [0.1, 0.15) is 50.1 Å². The number of aryl methyl sites for hydroxylation is 1. The molecule has 5 N–H and O–H groups in total. The number of phenolic OH excluding ortho intramolecular Hbond substituents is 3. The highest BCUT2D eigenvalue weighted by Crippen LogP contribution is 2.42. The number of fused-ring (bicyclic) bond motifs is 8. The molecule has 6 aromatic carbocycles. The molecule has 7 rings (SSSR count). The predicted molar refractivity (Wildman–Crippen MR) is 206 cm³/mol. The molecule has 8 bridgehead atoms. The summed E-state index contributed by atoms with van der Waals surface area (Å²) in [5.41, 5.74) is 2.34. The normalized spacial score (nSPS) is 13.3. The summed E-state index contributed by atoms with van der Waals surface area (Å²) in [7, 11) is -14.3. The minimum atomic E-state index is -4.87. The molecule has 0 radical (unpaired) electrons. The van der Waals surface area contributed by atoms with Crippen LogP contribution >= 0.6 is 0 Å². The maximum absolute atomic E-state index is 13.9. The standard InChI is InChI=1S/C41H34O12S3/c1-24-12-27-16-29-20-36(54(45,46)47)22-31(39(29)43)18-33-14-26(25-8-4-2-5-9-25)15-34(41(33)53-56(51,52)35-10-6-3-7-11-35)19-32-23-37(55(48,49)50)21-30(40(32)44)17-28(13-24)38(27)42/h2-15,20-23,42-44H,16-19H2,1H3,(H,45,46,47)(H,48,49,50). The Hall–Kier alpha value is -5.71. The van der Waals surface area contributed by atoms with Crippen LogP contribution in [0, 0.1) is 6.92 Å². The fraction of sp³-hybridized carbons (Fsp3) is 0.122. The summed E-state index contributed by atoms with van der Waals surface area (Å²) in [6.45, 7) is 1.71. The van der Waals surface area contributed by atoms with E-state index in [-0.39, 0.29) is 86.6 Å². The van der Waals surface area contributed by atoms with Crippen LogP contribution in [0.5, 0.6) is 23.0 Å². The summed E-state index contributed by atoms with van der Waals surface area (Å²) < 4.78 is 105. The molecule has 0 aliphatic heterocycles. The van der Waals surface area contributed by atoms with Gasteiger partial charge in [0.15, 0.2) is 0 Å². The minimum Gasteiger partial charge on any atom is -0.507 e. The molecule has 56 heavy (non-hydrogen) atoms. The Balaban J connectivity index is 1.59. The monoisotopic (exact) mass is 814 g/mol. The third kappa shape index (κ3) is 7.85.